The number of aryl methyl sites for hydroxylation is 1. The van der Waals surface area contributed by atoms with Gasteiger partial charge in [0.2, 0.25) is 0 Å². The van der Waals surface area contributed by atoms with Crippen molar-refractivity contribution in [2.45, 2.75) is 57.5 Å². The fourth-order valence-corrected chi connectivity index (χ4v) is 4.01. The average Bonchev–Trinajstić information content (AvgIpc) is 2.83. The van der Waals surface area contributed by atoms with Gasteiger partial charge in [-0.15, -0.1) is 0 Å². The van der Waals surface area contributed by atoms with Gasteiger partial charge in [-0.3, -0.25) is 9.80 Å². The number of nitrogens with zero attached hydrogens (tertiary/aromatic N) is 2. The molecule has 21 heavy (non-hydrogen) atoms. The van der Waals surface area contributed by atoms with E-state index in [1.54, 1.807) is 0 Å². The molecule has 0 saturated carbocycles. The Kier molecular flexibility index (Phi) is 4.66. The molecule has 0 aromatic heterocycles. The minimum atomic E-state index is 0.314. The molecule has 2 aliphatic rings. The zero-order valence-electron chi connectivity index (χ0n) is 13.7. The Morgan fingerprint density at radius 1 is 1.05 bits per heavy atom. The van der Waals surface area contributed by atoms with E-state index in [1.807, 2.05) is 0 Å². The molecule has 0 spiro atoms. The van der Waals surface area contributed by atoms with E-state index in [4.69, 9.17) is 0 Å². The number of fused-ring (bicyclic) bond motifs is 1. The SMILES string of the molecule is CC(C)(CCc1ccccc1)N1CCCN2CCCC2C1. The molecule has 2 aliphatic heterocycles. The van der Waals surface area contributed by atoms with E-state index in [0.29, 0.717) is 5.54 Å². The lowest BCUT2D eigenvalue weighted by atomic mass is 9.92. The molecule has 2 nitrogen and oxygen atoms in total. The van der Waals surface area contributed by atoms with Crippen molar-refractivity contribution in [2.24, 2.45) is 0 Å². The summed E-state index contributed by atoms with van der Waals surface area (Å²) >= 11 is 0. The molecular formula is C19H30N2. The van der Waals surface area contributed by atoms with Crippen LogP contribution in [0.4, 0.5) is 0 Å². The molecule has 1 atom stereocenters. The molecule has 1 aromatic rings. The van der Waals surface area contributed by atoms with Gasteiger partial charge in [-0.25, -0.2) is 0 Å². The van der Waals surface area contributed by atoms with Gasteiger partial charge >= 0.3 is 0 Å². The van der Waals surface area contributed by atoms with Gasteiger partial charge in [0.05, 0.1) is 0 Å². The van der Waals surface area contributed by atoms with Crippen LogP contribution >= 0.6 is 0 Å². The summed E-state index contributed by atoms with van der Waals surface area (Å²) in [6.45, 7) is 10.1. The van der Waals surface area contributed by atoms with Gasteiger partial charge in [-0.1, -0.05) is 30.3 Å². The summed E-state index contributed by atoms with van der Waals surface area (Å²) in [5.41, 5.74) is 1.79. The third-order valence-corrected chi connectivity index (χ3v) is 5.53. The summed E-state index contributed by atoms with van der Waals surface area (Å²) in [6, 6.07) is 11.8. The molecule has 2 heteroatoms. The Morgan fingerprint density at radius 2 is 1.81 bits per heavy atom. The van der Waals surface area contributed by atoms with E-state index < -0.39 is 0 Å². The van der Waals surface area contributed by atoms with E-state index in [-0.39, 0.29) is 0 Å². The van der Waals surface area contributed by atoms with E-state index in [2.05, 4.69) is 54.0 Å². The summed E-state index contributed by atoms with van der Waals surface area (Å²) in [7, 11) is 0. The lowest BCUT2D eigenvalue weighted by molar-refractivity contribution is 0.100. The maximum absolute atomic E-state index is 2.77. The Balaban J connectivity index is 1.60. The largest absolute Gasteiger partial charge is 0.299 e. The number of hydrogen-bond donors (Lipinski definition) is 0. The highest BCUT2D eigenvalue weighted by molar-refractivity contribution is 5.15. The molecule has 1 unspecified atom stereocenters. The zero-order chi connectivity index (χ0) is 14.7. The van der Waals surface area contributed by atoms with Crippen LogP contribution in [0.15, 0.2) is 30.3 Å². The molecule has 2 fully saturated rings. The van der Waals surface area contributed by atoms with Crippen LogP contribution in [0.2, 0.25) is 0 Å². The third kappa shape index (κ3) is 3.67. The molecule has 1 aromatic carbocycles. The molecule has 2 heterocycles. The standard InChI is InChI=1S/C19H30N2/c1-19(2,12-11-17-8-4-3-5-9-17)21-15-7-14-20-13-6-10-18(20)16-21/h3-5,8-9,18H,6-7,10-16H2,1-2H3. The van der Waals surface area contributed by atoms with Gasteiger partial charge in [0.1, 0.15) is 0 Å². The highest BCUT2D eigenvalue weighted by atomic mass is 15.3. The van der Waals surface area contributed by atoms with Crippen LogP contribution in [0.5, 0.6) is 0 Å². The first-order valence-corrected chi connectivity index (χ1v) is 8.68. The Labute approximate surface area is 130 Å². The molecule has 2 saturated heterocycles. The van der Waals surface area contributed by atoms with Crippen molar-refractivity contribution in [1.82, 2.24) is 9.80 Å². The fraction of sp³-hybridized carbons (Fsp3) is 0.684. The van der Waals surface area contributed by atoms with Gasteiger partial charge in [0.25, 0.3) is 0 Å². The molecule has 0 radical (unpaired) electrons. The maximum atomic E-state index is 2.77. The van der Waals surface area contributed by atoms with Crippen LogP contribution in [0.1, 0.15) is 45.1 Å². The van der Waals surface area contributed by atoms with Crippen molar-refractivity contribution in [2.75, 3.05) is 26.2 Å². The van der Waals surface area contributed by atoms with Gasteiger partial charge in [0.15, 0.2) is 0 Å². The van der Waals surface area contributed by atoms with Gasteiger partial charge in [-0.05, 0) is 71.1 Å². The molecular weight excluding hydrogens is 256 g/mol. The van der Waals surface area contributed by atoms with Gasteiger partial charge in [0, 0.05) is 18.1 Å². The highest BCUT2D eigenvalue weighted by Gasteiger charge is 2.34. The normalized spacial score (nSPS) is 24.8. The Bertz CT molecular complexity index is 440. The van der Waals surface area contributed by atoms with Crippen LogP contribution in [-0.2, 0) is 6.42 Å². The van der Waals surface area contributed by atoms with Gasteiger partial charge in [-0.2, -0.15) is 0 Å². The maximum Gasteiger partial charge on any atom is 0.0223 e. The minimum Gasteiger partial charge on any atom is -0.299 e. The van der Waals surface area contributed by atoms with Crippen molar-refractivity contribution in [1.29, 1.82) is 0 Å². The minimum absolute atomic E-state index is 0.314. The molecule has 0 aliphatic carbocycles. The highest BCUT2D eigenvalue weighted by Crippen LogP contribution is 2.28. The fourth-order valence-electron chi connectivity index (χ4n) is 4.01. The lowest BCUT2D eigenvalue weighted by Gasteiger charge is -2.39. The first-order chi connectivity index (χ1) is 10.1. The number of benzene rings is 1. The number of rotatable bonds is 4. The van der Waals surface area contributed by atoms with Crippen molar-refractivity contribution in [3.63, 3.8) is 0 Å². The predicted molar refractivity (Wildman–Crippen MR) is 89.6 cm³/mol. The topological polar surface area (TPSA) is 6.48 Å². The molecule has 0 bridgehead atoms. The summed E-state index contributed by atoms with van der Waals surface area (Å²) in [5, 5.41) is 0. The summed E-state index contributed by atoms with van der Waals surface area (Å²) in [6.07, 6.45) is 6.60. The summed E-state index contributed by atoms with van der Waals surface area (Å²) in [5.74, 6) is 0. The van der Waals surface area contributed by atoms with E-state index in [1.165, 1.54) is 63.8 Å². The second-order valence-corrected chi connectivity index (χ2v) is 7.43. The van der Waals surface area contributed by atoms with Crippen molar-refractivity contribution in [3.8, 4) is 0 Å². The van der Waals surface area contributed by atoms with E-state index in [9.17, 15) is 0 Å². The summed E-state index contributed by atoms with van der Waals surface area (Å²) < 4.78 is 0. The predicted octanol–water partition coefficient (Wildman–Crippen LogP) is 3.57. The van der Waals surface area contributed by atoms with Crippen molar-refractivity contribution >= 4 is 0 Å². The molecule has 116 valence electrons. The Hall–Kier alpha value is -0.860. The first-order valence-electron chi connectivity index (χ1n) is 8.68. The van der Waals surface area contributed by atoms with Crippen LogP contribution < -0.4 is 0 Å². The lowest BCUT2D eigenvalue weighted by Crippen LogP contribution is -2.48. The molecule has 3 rings (SSSR count). The molecule has 0 N–H and O–H groups in total. The van der Waals surface area contributed by atoms with Crippen LogP contribution in [-0.4, -0.2) is 47.6 Å². The third-order valence-electron chi connectivity index (χ3n) is 5.53. The smallest absolute Gasteiger partial charge is 0.0223 e. The van der Waals surface area contributed by atoms with Crippen LogP contribution in [0.3, 0.4) is 0 Å². The Morgan fingerprint density at radius 3 is 2.62 bits per heavy atom. The van der Waals surface area contributed by atoms with Crippen molar-refractivity contribution < 1.29 is 0 Å². The second kappa shape index (κ2) is 6.50. The second-order valence-electron chi connectivity index (χ2n) is 7.43. The van der Waals surface area contributed by atoms with Crippen LogP contribution in [0.25, 0.3) is 0 Å². The zero-order valence-corrected chi connectivity index (χ0v) is 13.7. The summed E-state index contributed by atoms with van der Waals surface area (Å²) in [4.78, 5) is 5.50. The monoisotopic (exact) mass is 286 g/mol. The van der Waals surface area contributed by atoms with Gasteiger partial charge < -0.3 is 0 Å². The quantitative estimate of drug-likeness (QED) is 0.835. The van der Waals surface area contributed by atoms with Crippen molar-refractivity contribution in [3.05, 3.63) is 35.9 Å². The first kappa shape index (κ1) is 15.1. The van der Waals surface area contributed by atoms with E-state index in [0.717, 1.165) is 6.04 Å². The average molecular weight is 286 g/mol. The van der Waals surface area contributed by atoms with Crippen LogP contribution in [0, 0.1) is 0 Å². The van der Waals surface area contributed by atoms with E-state index >= 15 is 0 Å². The number of hydrogen-bond acceptors (Lipinski definition) is 2. The molecule has 0 amide bonds.